The first-order chi connectivity index (χ1) is 8.67. The zero-order chi connectivity index (χ0) is 12.6. The van der Waals surface area contributed by atoms with Crippen LogP contribution in [0.2, 0.25) is 0 Å². The number of rotatable bonds is 3. The molecule has 0 amide bonds. The lowest BCUT2D eigenvalue weighted by Crippen LogP contribution is -2.39. The summed E-state index contributed by atoms with van der Waals surface area (Å²) in [5, 5.41) is 11.2. The van der Waals surface area contributed by atoms with Crippen LogP contribution in [0, 0.1) is 0 Å². The molecule has 0 unspecified atom stereocenters. The molecular weight excluding hydrogens is 244 g/mol. The maximum atomic E-state index is 11.2. The van der Waals surface area contributed by atoms with Crippen LogP contribution in [0.1, 0.15) is 24.0 Å². The Morgan fingerprint density at radius 3 is 1.56 bits per heavy atom. The molecule has 3 rings (SSSR count). The summed E-state index contributed by atoms with van der Waals surface area (Å²) in [5.74, 6) is 0. The van der Waals surface area contributed by atoms with Crippen LogP contribution in [0.5, 0.6) is 0 Å². The van der Waals surface area contributed by atoms with Gasteiger partial charge in [0.25, 0.3) is 0 Å². The lowest BCUT2D eigenvalue weighted by molar-refractivity contribution is 0.0674. The lowest BCUT2D eigenvalue weighted by Gasteiger charge is -2.34. The highest BCUT2D eigenvalue weighted by Gasteiger charge is 2.59. The monoisotopic (exact) mass is 258 g/mol. The van der Waals surface area contributed by atoms with Gasteiger partial charge >= 0.3 is 0 Å². The molecule has 0 heterocycles. The zero-order valence-corrected chi connectivity index (χ0v) is 10.8. The molecule has 2 aromatic carbocycles. The molecule has 1 aliphatic rings. The topological polar surface area (TPSA) is 20.2 Å². The summed E-state index contributed by atoms with van der Waals surface area (Å²) in [6.45, 7) is 0. The van der Waals surface area contributed by atoms with Gasteiger partial charge in [0.1, 0.15) is 5.60 Å². The van der Waals surface area contributed by atoms with E-state index in [-0.39, 0.29) is 0 Å². The van der Waals surface area contributed by atoms with Crippen LogP contribution < -0.4 is 0 Å². The average Bonchev–Trinajstić information content (AvgIpc) is 3.19. The fraction of sp³-hybridized carbons (Fsp3) is 0.250. The van der Waals surface area contributed by atoms with E-state index in [9.17, 15) is 5.11 Å². The summed E-state index contributed by atoms with van der Waals surface area (Å²) in [5.41, 5.74) is 0.629. The molecule has 1 saturated carbocycles. The Kier molecular flexibility index (Phi) is 2.69. The third kappa shape index (κ3) is 1.66. The van der Waals surface area contributed by atoms with Gasteiger partial charge in [-0.05, 0) is 24.0 Å². The number of halogens is 1. The van der Waals surface area contributed by atoms with E-state index in [0.29, 0.717) is 0 Å². The summed E-state index contributed by atoms with van der Waals surface area (Å²) in [6.07, 6.45) is 1.68. The first kappa shape index (κ1) is 11.8. The average molecular weight is 259 g/mol. The van der Waals surface area contributed by atoms with Crippen LogP contribution in [0.4, 0.5) is 0 Å². The molecule has 18 heavy (non-hydrogen) atoms. The number of aliphatic hydroxyl groups is 1. The Morgan fingerprint density at radius 2 is 1.22 bits per heavy atom. The van der Waals surface area contributed by atoms with Crippen molar-refractivity contribution in [3.05, 3.63) is 71.8 Å². The van der Waals surface area contributed by atoms with Crippen LogP contribution in [0.25, 0.3) is 0 Å². The number of alkyl halides is 1. The normalized spacial score (nSPS) is 17.4. The summed E-state index contributed by atoms with van der Waals surface area (Å²) >= 11 is 6.57. The first-order valence-electron chi connectivity index (χ1n) is 6.19. The summed E-state index contributed by atoms with van der Waals surface area (Å²) in [7, 11) is 0. The van der Waals surface area contributed by atoms with E-state index >= 15 is 0 Å². The van der Waals surface area contributed by atoms with Crippen LogP contribution in [-0.4, -0.2) is 9.98 Å². The molecule has 1 nitrogen and oxygen atoms in total. The van der Waals surface area contributed by atoms with Gasteiger partial charge in [0.2, 0.25) is 0 Å². The molecule has 0 aromatic heterocycles. The molecule has 2 aromatic rings. The van der Waals surface area contributed by atoms with E-state index in [2.05, 4.69) is 0 Å². The molecule has 92 valence electrons. The maximum absolute atomic E-state index is 11.2. The summed E-state index contributed by atoms with van der Waals surface area (Å²) < 4.78 is 0. The fourth-order valence-corrected chi connectivity index (χ4v) is 2.83. The molecular formula is C16H15ClO. The molecule has 0 atom stereocenters. The largest absolute Gasteiger partial charge is 0.379 e. The number of benzene rings is 2. The third-order valence-corrected chi connectivity index (χ3v) is 4.37. The molecule has 0 saturated heterocycles. The Labute approximate surface area is 112 Å². The van der Waals surface area contributed by atoms with E-state index in [0.717, 1.165) is 24.0 Å². The Morgan fingerprint density at radius 1 is 0.833 bits per heavy atom. The highest BCUT2D eigenvalue weighted by Crippen LogP contribution is 2.58. The highest BCUT2D eigenvalue weighted by molar-refractivity contribution is 6.27. The van der Waals surface area contributed by atoms with Crippen molar-refractivity contribution in [1.82, 2.24) is 0 Å². The number of hydrogen-bond donors (Lipinski definition) is 1. The van der Waals surface area contributed by atoms with Crippen LogP contribution in [-0.2, 0) is 5.60 Å². The van der Waals surface area contributed by atoms with Gasteiger partial charge in [-0.15, -0.1) is 11.6 Å². The minimum Gasteiger partial charge on any atom is -0.379 e. The Bertz CT molecular complexity index is 492. The Hall–Kier alpha value is -1.31. The molecule has 0 radical (unpaired) electrons. The van der Waals surface area contributed by atoms with Gasteiger partial charge < -0.3 is 5.11 Å². The second-order valence-electron chi connectivity index (χ2n) is 4.91. The van der Waals surface area contributed by atoms with E-state index in [4.69, 9.17) is 11.6 Å². The number of hydrogen-bond acceptors (Lipinski definition) is 1. The molecule has 0 spiro atoms. The van der Waals surface area contributed by atoms with E-state index in [1.807, 2.05) is 60.7 Å². The van der Waals surface area contributed by atoms with Gasteiger partial charge in [-0.3, -0.25) is 0 Å². The van der Waals surface area contributed by atoms with Gasteiger partial charge in [-0.2, -0.15) is 0 Å². The van der Waals surface area contributed by atoms with Gasteiger partial charge in [-0.1, -0.05) is 60.7 Å². The predicted molar refractivity (Wildman–Crippen MR) is 73.7 cm³/mol. The summed E-state index contributed by atoms with van der Waals surface area (Å²) in [6, 6.07) is 19.4. The maximum Gasteiger partial charge on any atom is 0.134 e. The fourth-order valence-electron chi connectivity index (χ4n) is 2.51. The zero-order valence-electron chi connectivity index (χ0n) is 10.0. The second kappa shape index (κ2) is 4.11. The van der Waals surface area contributed by atoms with E-state index in [1.165, 1.54) is 0 Å². The molecule has 1 aliphatic carbocycles. The lowest BCUT2D eigenvalue weighted by atomic mass is 9.82. The van der Waals surface area contributed by atoms with Gasteiger partial charge in [-0.25, -0.2) is 0 Å². The van der Waals surface area contributed by atoms with Gasteiger partial charge in [0, 0.05) is 0 Å². The molecule has 0 bridgehead atoms. The van der Waals surface area contributed by atoms with Crippen molar-refractivity contribution in [3.63, 3.8) is 0 Å². The SMILES string of the molecule is OC(c1ccccc1)(c1ccccc1)C1(Cl)CC1. The van der Waals surface area contributed by atoms with Crippen molar-refractivity contribution in [2.75, 3.05) is 0 Å². The summed E-state index contributed by atoms with van der Waals surface area (Å²) in [4.78, 5) is -0.560. The minimum atomic E-state index is -1.10. The second-order valence-corrected chi connectivity index (χ2v) is 5.63. The standard InChI is InChI=1S/C16H15ClO/c17-15(11-12-15)16(18,13-7-3-1-4-8-13)14-9-5-2-6-10-14/h1-10,18H,11-12H2. The van der Waals surface area contributed by atoms with Gasteiger partial charge in [0.15, 0.2) is 0 Å². The molecule has 2 heteroatoms. The predicted octanol–water partition coefficient (Wildman–Crippen LogP) is 3.69. The Balaban J connectivity index is 2.17. The molecule has 1 N–H and O–H groups in total. The molecule has 1 fully saturated rings. The third-order valence-electron chi connectivity index (χ3n) is 3.72. The first-order valence-corrected chi connectivity index (χ1v) is 6.57. The van der Waals surface area contributed by atoms with Crippen molar-refractivity contribution in [3.8, 4) is 0 Å². The van der Waals surface area contributed by atoms with Crippen LogP contribution >= 0.6 is 11.6 Å². The van der Waals surface area contributed by atoms with Crippen molar-refractivity contribution in [2.45, 2.75) is 23.3 Å². The van der Waals surface area contributed by atoms with Crippen LogP contribution in [0.15, 0.2) is 60.7 Å². The van der Waals surface area contributed by atoms with Crippen LogP contribution in [0.3, 0.4) is 0 Å². The van der Waals surface area contributed by atoms with Crippen molar-refractivity contribution < 1.29 is 5.11 Å². The minimum absolute atomic E-state index is 0.560. The van der Waals surface area contributed by atoms with E-state index in [1.54, 1.807) is 0 Å². The quantitative estimate of drug-likeness (QED) is 0.833. The van der Waals surface area contributed by atoms with Crippen molar-refractivity contribution >= 4 is 11.6 Å². The highest BCUT2D eigenvalue weighted by atomic mass is 35.5. The molecule has 0 aliphatic heterocycles. The smallest absolute Gasteiger partial charge is 0.134 e. The van der Waals surface area contributed by atoms with Crippen molar-refractivity contribution in [1.29, 1.82) is 0 Å². The van der Waals surface area contributed by atoms with E-state index < -0.39 is 10.5 Å². The van der Waals surface area contributed by atoms with Crippen molar-refractivity contribution in [2.24, 2.45) is 0 Å². The van der Waals surface area contributed by atoms with Gasteiger partial charge in [0.05, 0.1) is 4.87 Å².